The van der Waals surface area contributed by atoms with Crippen molar-refractivity contribution in [2.75, 3.05) is 0 Å². The van der Waals surface area contributed by atoms with Crippen molar-refractivity contribution in [3.63, 3.8) is 0 Å². The molecule has 0 bridgehead atoms. The predicted octanol–water partition coefficient (Wildman–Crippen LogP) is 4.53. The van der Waals surface area contributed by atoms with E-state index in [2.05, 4.69) is 43.5 Å². The molecule has 2 heterocycles. The molecular formula is C15H21ClN2S. The van der Waals surface area contributed by atoms with Gasteiger partial charge < -0.3 is 4.40 Å². The number of imidazole rings is 1. The van der Waals surface area contributed by atoms with E-state index >= 15 is 0 Å². The van der Waals surface area contributed by atoms with Crippen molar-refractivity contribution >= 4 is 29.8 Å². The number of hydrogen-bond donors (Lipinski definition) is 0. The summed E-state index contributed by atoms with van der Waals surface area (Å²) in [5.74, 6) is 0. The van der Waals surface area contributed by atoms with E-state index in [-0.39, 0.29) is 17.2 Å². The van der Waals surface area contributed by atoms with Crippen LogP contribution in [0.5, 0.6) is 0 Å². The van der Waals surface area contributed by atoms with Gasteiger partial charge in [-0.05, 0) is 37.8 Å². The van der Waals surface area contributed by atoms with Crippen LogP contribution < -0.4 is 0 Å². The third kappa shape index (κ3) is 3.09. The van der Waals surface area contributed by atoms with Crippen LogP contribution in [0, 0.1) is 0 Å². The lowest BCUT2D eigenvalue weighted by Gasteiger charge is -2.18. The number of aromatic nitrogens is 2. The summed E-state index contributed by atoms with van der Waals surface area (Å²) in [5, 5.41) is 0. The summed E-state index contributed by atoms with van der Waals surface area (Å²) >= 11 is 1.92. The van der Waals surface area contributed by atoms with Gasteiger partial charge in [0.1, 0.15) is 5.65 Å². The molecule has 0 spiro atoms. The zero-order valence-corrected chi connectivity index (χ0v) is 13.4. The molecule has 0 unspecified atom stereocenters. The topological polar surface area (TPSA) is 17.3 Å². The SMILES string of the molecule is CC(C)(C)Sc1ccc2nc3c(n2c1)CCCC3.Cl. The largest absolute Gasteiger partial charge is 0.303 e. The standard InChI is InChI=1S/C15H20N2S.ClH/c1-15(2,3)18-11-8-9-14-16-12-6-4-5-7-13(12)17(14)10-11;/h8-10H,4-7H2,1-3H3;1H. The highest BCUT2D eigenvalue weighted by Crippen LogP contribution is 2.32. The van der Waals surface area contributed by atoms with Gasteiger partial charge in [-0.2, -0.15) is 0 Å². The van der Waals surface area contributed by atoms with Crippen molar-refractivity contribution in [2.45, 2.75) is 56.1 Å². The molecular weight excluding hydrogens is 276 g/mol. The number of hydrogen-bond acceptors (Lipinski definition) is 2. The van der Waals surface area contributed by atoms with Crippen LogP contribution in [-0.2, 0) is 12.8 Å². The van der Waals surface area contributed by atoms with Crippen molar-refractivity contribution in [1.29, 1.82) is 0 Å². The molecule has 19 heavy (non-hydrogen) atoms. The molecule has 3 rings (SSSR count). The Labute approximate surface area is 125 Å². The average Bonchev–Trinajstić information content (AvgIpc) is 2.65. The lowest BCUT2D eigenvalue weighted by molar-refractivity contribution is 0.659. The van der Waals surface area contributed by atoms with Crippen molar-refractivity contribution in [2.24, 2.45) is 0 Å². The fourth-order valence-corrected chi connectivity index (χ4v) is 3.59. The van der Waals surface area contributed by atoms with Gasteiger partial charge in [0, 0.05) is 21.5 Å². The van der Waals surface area contributed by atoms with Gasteiger partial charge in [0.05, 0.1) is 5.69 Å². The summed E-state index contributed by atoms with van der Waals surface area (Å²) in [4.78, 5) is 6.08. The fraction of sp³-hybridized carbons (Fsp3) is 0.533. The Balaban J connectivity index is 0.00000133. The minimum Gasteiger partial charge on any atom is -0.303 e. The van der Waals surface area contributed by atoms with Crippen LogP contribution in [0.1, 0.15) is 45.0 Å². The van der Waals surface area contributed by atoms with Gasteiger partial charge in [-0.1, -0.05) is 20.8 Å². The highest BCUT2D eigenvalue weighted by atomic mass is 35.5. The summed E-state index contributed by atoms with van der Waals surface area (Å²) in [7, 11) is 0. The Morgan fingerprint density at radius 1 is 1.16 bits per heavy atom. The van der Waals surface area contributed by atoms with E-state index in [1.54, 1.807) is 0 Å². The van der Waals surface area contributed by atoms with Gasteiger partial charge >= 0.3 is 0 Å². The van der Waals surface area contributed by atoms with Gasteiger partial charge in [-0.15, -0.1) is 24.2 Å². The molecule has 0 atom stereocenters. The molecule has 0 saturated carbocycles. The van der Waals surface area contributed by atoms with E-state index in [9.17, 15) is 0 Å². The molecule has 0 N–H and O–H groups in total. The van der Waals surface area contributed by atoms with E-state index in [1.807, 2.05) is 11.8 Å². The van der Waals surface area contributed by atoms with Crippen LogP contribution in [0.4, 0.5) is 0 Å². The lowest BCUT2D eigenvalue weighted by atomic mass is 10.0. The van der Waals surface area contributed by atoms with Gasteiger partial charge in [-0.3, -0.25) is 0 Å². The highest BCUT2D eigenvalue weighted by Gasteiger charge is 2.17. The molecule has 2 aromatic heterocycles. The molecule has 104 valence electrons. The van der Waals surface area contributed by atoms with Crippen LogP contribution in [-0.4, -0.2) is 14.1 Å². The van der Waals surface area contributed by atoms with Gasteiger partial charge in [0.2, 0.25) is 0 Å². The number of nitrogens with zero attached hydrogens (tertiary/aromatic N) is 2. The van der Waals surface area contributed by atoms with E-state index < -0.39 is 0 Å². The number of pyridine rings is 1. The van der Waals surface area contributed by atoms with Gasteiger partial charge in [0.15, 0.2) is 0 Å². The maximum absolute atomic E-state index is 4.74. The number of halogens is 1. The first-order chi connectivity index (χ1) is 8.53. The van der Waals surface area contributed by atoms with Gasteiger partial charge in [0.25, 0.3) is 0 Å². The van der Waals surface area contributed by atoms with Gasteiger partial charge in [-0.25, -0.2) is 4.98 Å². The summed E-state index contributed by atoms with van der Waals surface area (Å²) in [6, 6.07) is 4.36. The Morgan fingerprint density at radius 2 is 1.89 bits per heavy atom. The van der Waals surface area contributed by atoms with Crippen LogP contribution >= 0.6 is 24.2 Å². The summed E-state index contributed by atoms with van der Waals surface area (Å²) < 4.78 is 2.57. The Morgan fingerprint density at radius 3 is 2.63 bits per heavy atom. The average molecular weight is 297 g/mol. The quantitative estimate of drug-likeness (QED) is 0.720. The van der Waals surface area contributed by atoms with Crippen molar-refractivity contribution in [3.05, 3.63) is 29.7 Å². The maximum Gasteiger partial charge on any atom is 0.137 e. The molecule has 4 heteroatoms. The fourth-order valence-electron chi connectivity index (χ4n) is 2.59. The van der Waals surface area contributed by atoms with E-state index in [1.165, 1.54) is 35.5 Å². The van der Waals surface area contributed by atoms with Crippen LogP contribution in [0.2, 0.25) is 0 Å². The van der Waals surface area contributed by atoms with E-state index in [4.69, 9.17) is 4.98 Å². The first-order valence-corrected chi connectivity index (χ1v) is 7.53. The maximum atomic E-state index is 4.74. The molecule has 2 nitrogen and oxygen atoms in total. The minimum atomic E-state index is 0. The molecule has 0 aromatic carbocycles. The van der Waals surface area contributed by atoms with Crippen LogP contribution in [0.15, 0.2) is 23.2 Å². The van der Waals surface area contributed by atoms with E-state index in [0.29, 0.717) is 0 Å². The third-order valence-electron chi connectivity index (χ3n) is 3.27. The molecule has 0 saturated heterocycles. The highest BCUT2D eigenvalue weighted by molar-refractivity contribution is 8.00. The second kappa shape index (κ2) is 5.37. The Kier molecular flexibility index (Phi) is 4.17. The molecule has 2 aromatic rings. The van der Waals surface area contributed by atoms with Crippen molar-refractivity contribution in [1.82, 2.24) is 9.38 Å². The minimum absolute atomic E-state index is 0. The number of thioether (sulfide) groups is 1. The zero-order valence-electron chi connectivity index (χ0n) is 11.8. The predicted molar refractivity (Wildman–Crippen MR) is 84.7 cm³/mol. The first kappa shape index (κ1) is 14.7. The number of fused-ring (bicyclic) bond motifs is 3. The lowest BCUT2D eigenvalue weighted by Crippen LogP contribution is -2.07. The van der Waals surface area contributed by atoms with E-state index in [0.717, 1.165) is 12.1 Å². The van der Waals surface area contributed by atoms with Crippen LogP contribution in [0.25, 0.3) is 5.65 Å². The summed E-state index contributed by atoms with van der Waals surface area (Å²) in [6.07, 6.45) is 7.19. The van der Waals surface area contributed by atoms with Crippen molar-refractivity contribution in [3.8, 4) is 0 Å². The van der Waals surface area contributed by atoms with Crippen molar-refractivity contribution < 1.29 is 0 Å². The second-order valence-corrected chi connectivity index (χ2v) is 7.92. The normalized spacial score (nSPS) is 15.1. The molecule has 0 amide bonds. The monoisotopic (exact) mass is 296 g/mol. The Bertz CT molecular complexity index is 584. The summed E-state index contributed by atoms with van der Waals surface area (Å²) in [6.45, 7) is 6.77. The second-order valence-electron chi connectivity index (χ2n) is 6.02. The molecule has 1 aliphatic carbocycles. The summed E-state index contributed by atoms with van der Waals surface area (Å²) in [5.41, 5.74) is 3.87. The first-order valence-electron chi connectivity index (χ1n) is 6.72. The number of rotatable bonds is 1. The molecule has 0 aliphatic heterocycles. The molecule has 0 radical (unpaired) electrons. The smallest absolute Gasteiger partial charge is 0.137 e. The molecule has 1 aliphatic rings. The number of aryl methyl sites for hydroxylation is 2. The Hall–Kier alpha value is -0.670. The zero-order chi connectivity index (χ0) is 12.8. The molecule has 0 fully saturated rings. The van der Waals surface area contributed by atoms with Crippen LogP contribution in [0.3, 0.4) is 0 Å². The third-order valence-corrected chi connectivity index (χ3v) is 4.36.